The topological polar surface area (TPSA) is 30.0 Å². The Morgan fingerprint density at radius 3 is 3.09 bits per heavy atom. The van der Waals surface area contributed by atoms with Gasteiger partial charge in [0, 0.05) is 17.5 Å². The second kappa shape index (κ2) is 4.03. The number of nitrogens with zero attached hydrogens (tertiary/aromatic N) is 1. The van der Waals surface area contributed by atoms with Crippen LogP contribution in [0.15, 0.2) is 12.3 Å². The third-order valence-electron chi connectivity index (χ3n) is 1.13. The van der Waals surface area contributed by atoms with Gasteiger partial charge in [0.15, 0.2) is 0 Å². The summed E-state index contributed by atoms with van der Waals surface area (Å²) in [5.41, 5.74) is 0. The number of hydrogen-bond donors (Lipinski definition) is 0. The van der Waals surface area contributed by atoms with Crippen LogP contribution >= 0.6 is 11.3 Å². The van der Waals surface area contributed by atoms with Gasteiger partial charge in [0.05, 0.1) is 0 Å². The number of aromatic nitrogens is 1. The Morgan fingerprint density at radius 1 is 1.73 bits per heavy atom. The summed E-state index contributed by atoms with van der Waals surface area (Å²) >= 11 is 1.62. The lowest BCUT2D eigenvalue weighted by Gasteiger charge is -1.78. The highest BCUT2D eigenvalue weighted by Crippen LogP contribution is 2.12. The Kier molecular flexibility index (Phi) is 2.98. The maximum atomic E-state index is 9.93. The largest absolute Gasteiger partial charge is 0.303 e. The Hall–Kier alpha value is -0.960. The normalized spacial score (nSPS) is 10.6. The predicted molar refractivity (Wildman–Crippen MR) is 46.6 cm³/mol. The molecule has 0 atom stereocenters. The zero-order valence-corrected chi connectivity index (χ0v) is 7.10. The molecule has 0 fully saturated rings. The fraction of sp³-hybridized carbons (Fsp3) is 0.250. The standard InChI is InChI=1S/C8H9NOS/c1-7-6-9-8(11-7)4-2-3-5-10/h2,4-6H,3H2,1H3. The molecule has 1 rings (SSSR count). The minimum atomic E-state index is 0.471. The van der Waals surface area contributed by atoms with E-state index in [9.17, 15) is 4.79 Å². The van der Waals surface area contributed by atoms with Crippen molar-refractivity contribution in [3.8, 4) is 0 Å². The molecule has 0 aliphatic rings. The number of aldehydes is 1. The smallest absolute Gasteiger partial charge is 0.123 e. The maximum Gasteiger partial charge on any atom is 0.123 e. The van der Waals surface area contributed by atoms with Crippen LogP contribution in [0.1, 0.15) is 16.3 Å². The van der Waals surface area contributed by atoms with E-state index in [1.165, 1.54) is 4.88 Å². The van der Waals surface area contributed by atoms with Crippen LogP contribution in [0.5, 0.6) is 0 Å². The van der Waals surface area contributed by atoms with E-state index in [4.69, 9.17) is 0 Å². The number of carbonyl (C=O) groups excluding carboxylic acids is 1. The van der Waals surface area contributed by atoms with Crippen molar-refractivity contribution in [1.29, 1.82) is 0 Å². The molecular formula is C8H9NOS. The van der Waals surface area contributed by atoms with Gasteiger partial charge in [-0.05, 0) is 13.0 Å². The van der Waals surface area contributed by atoms with Crippen LogP contribution in [0.4, 0.5) is 0 Å². The van der Waals surface area contributed by atoms with Gasteiger partial charge in [-0.1, -0.05) is 6.08 Å². The third-order valence-corrected chi connectivity index (χ3v) is 2.01. The Labute approximate surface area is 69.6 Å². The molecule has 0 saturated carbocycles. The zero-order valence-electron chi connectivity index (χ0n) is 6.28. The highest BCUT2D eigenvalue weighted by Gasteiger charge is 1.90. The van der Waals surface area contributed by atoms with E-state index in [0.717, 1.165) is 11.3 Å². The van der Waals surface area contributed by atoms with Crippen LogP contribution in [-0.4, -0.2) is 11.3 Å². The van der Waals surface area contributed by atoms with Crippen LogP contribution < -0.4 is 0 Å². The summed E-state index contributed by atoms with van der Waals surface area (Å²) in [5.74, 6) is 0. The van der Waals surface area contributed by atoms with Crippen LogP contribution in [0.3, 0.4) is 0 Å². The molecule has 1 heterocycles. The number of rotatable bonds is 3. The molecule has 58 valence electrons. The highest BCUT2D eigenvalue weighted by atomic mass is 32.1. The molecule has 0 bridgehead atoms. The lowest BCUT2D eigenvalue weighted by molar-refractivity contribution is -0.107. The predicted octanol–water partition coefficient (Wildman–Crippen LogP) is 2.05. The van der Waals surface area contributed by atoms with Gasteiger partial charge in [0.1, 0.15) is 11.3 Å². The van der Waals surface area contributed by atoms with Gasteiger partial charge in [-0.2, -0.15) is 0 Å². The first-order valence-corrected chi connectivity index (χ1v) is 4.17. The molecule has 0 radical (unpaired) electrons. The molecule has 11 heavy (non-hydrogen) atoms. The molecule has 3 heteroatoms. The summed E-state index contributed by atoms with van der Waals surface area (Å²) in [4.78, 5) is 15.2. The minimum absolute atomic E-state index is 0.471. The van der Waals surface area contributed by atoms with Gasteiger partial charge in [0.25, 0.3) is 0 Å². The number of allylic oxidation sites excluding steroid dienone is 1. The summed E-state index contributed by atoms with van der Waals surface area (Å²) in [6.07, 6.45) is 6.85. The van der Waals surface area contributed by atoms with Crippen molar-refractivity contribution in [3.63, 3.8) is 0 Å². The summed E-state index contributed by atoms with van der Waals surface area (Å²) in [6, 6.07) is 0. The number of aryl methyl sites for hydroxylation is 1. The second-order valence-corrected chi connectivity index (χ2v) is 3.38. The summed E-state index contributed by atoms with van der Waals surface area (Å²) in [6.45, 7) is 2.01. The number of thiazole rings is 1. The molecule has 0 spiro atoms. The second-order valence-electron chi connectivity index (χ2n) is 2.11. The lowest BCUT2D eigenvalue weighted by Crippen LogP contribution is -1.67. The monoisotopic (exact) mass is 167 g/mol. The molecule has 0 aliphatic carbocycles. The quantitative estimate of drug-likeness (QED) is 0.645. The Balaban J connectivity index is 2.56. The van der Waals surface area contributed by atoms with E-state index in [-0.39, 0.29) is 0 Å². The van der Waals surface area contributed by atoms with Gasteiger partial charge in [-0.25, -0.2) is 4.98 Å². The van der Waals surface area contributed by atoms with Crippen LogP contribution in [-0.2, 0) is 4.79 Å². The zero-order chi connectivity index (χ0) is 8.10. The van der Waals surface area contributed by atoms with E-state index >= 15 is 0 Å². The first kappa shape index (κ1) is 8.14. The first-order chi connectivity index (χ1) is 5.33. The summed E-state index contributed by atoms with van der Waals surface area (Å²) in [5, 5.41) is 0.962. The van der Waals surface area contributed by atoms with Crippen LogP contribution in [0.2, 0.25) is 0 Å². The van der Waals surface area contributed by atoms with Gasteiger partial charge in [0.2, 0.25) is 0 Å². The molecule has 1 aromatic heterocycles. The van der Waals surface area contributed by atoms with Gasteiger partial charge >= 0.3 is 0 Å². The number of carbonyl (C=O) groups is 1. The highest BCUT2D eigenvalue weighted by molar-refractivity contribution is 7.12. The average molecular weight is 167 g/mol. The summed E-state index contributed by atoms with van der Waals surface area (Å²) < 4.78 is 0. The van der Waals surface area contributed by atoms with Crippen molar-refractivity contribution in [2.24, 2.45) is 0 Å². The van der Waals surface area contributed by atoms with Crippen LogP contribution in [0.25, 0.3) is 6.08 Å². The third kappa shape index (κ3) is 2.63. The first-order valence-electron chi connectivity index (χ1n) is 3.35. The maximum absolute atomic E-state index is 9.93. The van der Waals surface area contributed by atoms with Gasteiger partial charge in [-0.15, -0.1) is 11.3 Å². The SMILES string of the molecule is Cc1cnc(C=CCC=O)s1. The van der Waals surface area contributed by atoms with Crippen molar-refractivity contribution in [1.82, 2.24) is 4.98 Å². The average Bonchev–Trinajstić information content (AvgIpc) is 2.37. The van der Waals surface area contributed by atoms with Crippen LogP contribution in [0, 0.1) is 6.92 Å². The molecule has 0 saturated heterocycles. The molecule has 0 unspecified atom stereocenters. The van der Waals surface area contributed by atoms with Crippen molar-refractivity contribution >= 4 is 23.7 Å². The van der Waals surface area contributed by atoms with E-state index in [1.54, 1.807) is 11.3 Å². The lowest BCUT2D eigenvalue weighted by atomic mass is 10.4. The van der Waals surface area contributed by atoms with Gasteiger partial charge < -0.3 is 4.79 Å². The minimum Gasteiger partial charge on any atom is -0.303 e. The van der Waals surface area contributed by atoms with E-state index < -0.39 is 0 Å². The van der Waals surface area contributed by atoms with E-state index in [1.807, 2.05) is 25.3 Å². The van der Waals surface area contributed by atoms with Crippen molar-refractivity contribution in [3.05, 3.63) is 22.2 Å². The molecule has 0 aromatic carbocycles. The molecule has 0 aliphatic heterocycles. The summed E-state index contributed by atoms with van der Waals surface area (Å²) in [7, 11) is 0. The Morgan fingerprint density at radius 2 is 2.55 bits per heavy atom. The fourth-order valence-corrected chi connectivity index (χ4v) is 1.38. The molecule has 2 nitrogen and oxygen atoms in total. The van der Waals surface area contributed by atoms with E-state index in [2.05, 4.69) is 4.98 Å². The van der Waals surface area contributed by atoms with Gasteiger partial charge in [-0.3, -0.25) is 0 Å². The van der Waals surface area contributed by atoms with Crippen molar-refractivity contribution in [2.75, 3.05) is 0 Å². The van der Waals surface area contributed by atoms with Crippen molar-refractivity contribution < 1.29 is 4.79 Å². The molecular weight excluding hydrogens is 158 g/mol. The Bertz CT molecular complexity index is 265. The molecule has 1 aromatic rings. The number of hydrogen-bond acceptors (Lipinski definition) is 3. The molecule has 0 amide bonds. The fourth-order valence-electron chi connectivity index (χ4n) is 0.674. The van der Waals surface area contributed by atoms with Crippen molar-refractivity contribution in [2.45, 2.75) is 13.3 Å². The van der Waals surface area contributed by atoms with E-state index in [0.29, 0.717) is 6.42 Å². The molecule has 0 N–H and O–H groups in total.